The molecule has 0 saturated carbocycles. The number of benzene rings is 3. The van der Waals surface area contributed by atoms with Gasteiger partial charge in [-0.1, -0.05) is 74.2 Å². The Morgan fingerprint density at radius 1 is 0.761 bits per heavy atom. The number of fused-ring (bicyclic) bond motifs is 3. The van der Waals surface area contributed by atoms with Crippen LogP contribution in [-0.2, 0) is 20.1 Å². The minimum absolute atomic E-state index is 0. The molecule has 1 unspecified atom stereocenters. The van der Waals surface area contributed by atoms with Crippen LogP contribution in [0.3, 0.4) is 0 Å². The SMILES string of the molecule is [2H]C(CC)(c1ccc(-c2[c-]ccc3c2oc2nc(-c4c(C)cccc4C)ccc23)nc1)C(C)C.[Ir].[c-]1ccccc1-c1ccccn1. The molecule has 0 saturated heterocycles. The van der Waals surface area contributed by atoms with Crippen molar-refractivity contribution in [2.45, 2.75) is 46.9 Å². The topological polar surface area (TPSA) is 51.8 Å². The van der Waals surface area contributed by atoms with E-state index in [-0.39, 0.29) is 26.0 Å². The molecule has 4 nitrogen and oxygen atoms in total. The summed E-state index contributed by atoms with van der Waals surface area (Å²) < 4.78 is 15.2. The van der Waals surface area contributed by atoms with E-state index in [1.165, 1.54) is 11.1 Å². The van der Waals surface area contributed by atoms with Gasteiger partial charge in [-0.15, -0.1) is 54.1 Å². The molecular formula is C41H37IrN3O-2. The van der Waals surface area contributed by atoms with Crippen molar-refractivity contribution >= 4 is 22.1 Å². The third-order valence-corrected chi connectivity index (χ3v) is 8.15. The van der Waals surface area contributed by atoms with Gasteiger partial charge in [-0.05, 0) is 78.4 Å². The summed E-state index contributed by atoms with van der Waals surface area (Å²) in [5, 5.41) is 1.98. The number of pyridine rings is 3. The molecule has 46 heavy (non-hydrogen) atoms. The second kappa shape index (κ2) is 14.8. The molecule has 7 aromatic rings. The summed E-state index contributed by atoms with van der Waals surface area (Å²) >= 11 is 0. The van der Waals surface area contributed by atoms with E-state index in [1.807, 2.05) is 72.9 Å². The van der Waals surface area contributed by atoms with Crippen LogP contribution in [-0.4, -0.2) is 15.0 Å². The van der Waals surface area contributed by atoms with Crippen molar-refractivity contribution in [1.82, 2.24) is 15.0 Å². The second-order valence-corrected chi connectivity index (χ2v) is 11.5. The molecule has 0 aliphatic carbocycles. The van der Waals surface area contributed by atoms with Crippen LogP contribution in [0.4, 0.5) is 0 Å². The Morgan fingerprint density at radius 3 is 2.20 bits per heavy atom. The van der Waals surface area contributed by atoms with Crippen molar-refractivity contribution in [1.29, 1.82) is 0 Å². The van der Waals surface area contributed by atoms with E-state index in [0.29, 0.717) is 5.71 Å². The molecule has 4 heterocycles. The van der Waals surface area contributed by atoms with Gasteiger partial charge >= 0.3 is 0 Å². The van der Waals surface area contributed by atoms with Crippen LogP contribution < -0.4 is 0 Å². The summed E-state index contributed by atoms with van der Waals surface area (Å²) in [4.78, 5) is 13.8. The molecule has 233 valence electrons. The van der Waals surface area contributed by atoms with Gasteiger partial charge in [0, 0.05) is 44.8 Å². The Balaban J connectivity index is 0.000000280. The molecule has 0 N–H and O–H groups in total. The van der Waals surface area contributed by atoms with E-state index in [2.05, 4.69) is 82.1 Å². The number of hydrogen-bond acceptors (Lipinski definition) is 4. The summed E-state index contributed by atoms with van der Waals surface area (Å²) in [5.41, 5.74) is 10.3. The van der Waals surface area contributed by atoms with Crippen molar-refractivity contribution in [2.75, 3.05) is 0 Å². The molecule has 0 fully saturated rings. The Hall–Kier alpha value is -4.44. The standard InChI is InChI=1S/C30H29N2O.C11H8N.Ir/c1-6-22(18(2)3)21-13-15-26(31-17-21)25-12-8-11-23-24-14-16-27(32-30(24)33-29(23)25)28-19(4)9-7-10-20(28)5;1-2-6-10(7-3-1)11-8-4-5-9-12-11;/h7-11,13-18,22H,6H2,1-5H3;1-6,8-9H;/q2*-1;/i22D;;. The van der Waals surface area contributed by atoms with Crippen molar-refractivity contribution in [2.24, 2.45) is 5.92 Å². The summed E-state index contributed by atoms with van der Waals surface area (Å²) in [5.74, 6) is -0.443. The van der Waals surface area contributed by atoms with Crippen LogP contribution in [0.25, 0.3) is 55.8 Å². The predicted octanol–water partition coefficient (Wildman–Crippen LogP) is 10.8. The molecule has 7 rings (SSSR count). The molecule has 0 aliphatic heterocycles. The molecule has 0 bridgehead atoms. The third-order valence-electron chi connectivity index (χ3n) is 8.15. The van der Waals surface area contributed by atoms with E-state index >= 15 is 0 Å². The van der Waals surface area contributed by atoms with Gasteiger partial charge in [0.1, 0.15) is 0 Å². The predicted molar refractivity (Wildman–Crippen MR) is 185 cm³/mol. The van der Waals surface area contributed by atoms with Gasteiger partial charge in [0.15, 0.2) is 0 Å². The van der Waals surface area contributed by atoms with Gasteiger partial charge in [0.05, 0.1) is 11.3 Å². The summed E-state index contributed by atoms with van der Waals surface area (Å²) in [6, 6.07) is 38.5. The van der Waals surface area contributed by atoms with E-state index in [1.54, 1.807) is 6.20 Å². The molecule has 3 aromatic carbocycles. The van der Waals surface area contributed by atoms with Gasteiger partial charge in [0.2, 0.25) is 5.71 Å². The molecule has 1 radical (unpaired) electrons. The molecule has 4 aromatic heterocycles. The minimum atomic E-state index is -0.644. The maximum Gasteiger partial charge on any atom is 0.216 e. The van der Waals surface area contributed by atoms with Gasteiger partial charge in [-0.2, -0.15) is 0 Å². The maximum absolute atomic E-state index is 8.89. The molecule has 1 atom stereocenters. The zero-order valence-electron chi connectivity index (χ0n) is 27.8. The van der Waals surface area contributed by atoms with Crippen LogP contribution in [0.15, 0.2) is 114 Å². The van der Waals surface area contributed by atoms with Crippen LogP contribution in [0.1, 0.15) is 51.1 Å². The number of furan rings is 1. The van der Waals surface area contributed by atoms with Crippen molar-refractivity contribution < 1.29 is 25.9 Å². The molecule has 0 amide bonds. The summed E-state index contributed by atoms with van der Waals surface area (Å²) in [6.07, 6.45) is 4.36. The quantitative estimate of drug-likeness (QED) is 0.158. The average Bonchev–Trinajstić information content (AvgIpc) is 3.47. The van der Waals surface area contributed by atoms with Crippen LogP contribution >= 0.6 is 0 Å². The Kier molecular flexibility index (Phi) is 10.1. The number of nitrogens with zero attached hydrogens (tertiary/aromatic N) is 3. The second-order valence-electron chi connectivity index (χ2n) is 11.5. The fourth-order valence-corrected chi connectivity index (χ4v) is 5.92. The first kappa shape index (κ1) is 31.5. The van der Waals surface area contributed by atoms with Crippen molar-refractivity contribution in [3.63, 3.8) is 0 Å². The van der Waals surface area contributed by atoms with E-state index in [9.17, 15) is 0 Å². The van der Waals surface area contributed by atoms with Gasteiger partial charge in [-0.25, -0.2) is 4.98 Å². The van der Waals surface area contributed by atoms with Crippen molar-refractivity contribution in [3.8, 4) is 33.8 Å². The maximum atomic E-state index is 8.89. The van der Waals surface area contributed by atoms with Crippen LogP contribution in [0.2, 0.25) is 0 Å². The number of aromatic nitrogens is 3. The smallest absolute Gasteiger partial charge is 0.216 e. The Labute approximate surface area is 286 Å². The Bertz CT molecular complexity index is 2040. The van der Waals surface area contributed by atoms with Crippen molar-refractivity contribution in [3.05, 3.63) is 138 Å². The average molecular weight is 781 g/mol. The third kappa shape index (κ3) is 6.87. The first-order valence-electron chi connectivity index (χ1n) is 16.0. The fourth-order valence-electron chi connectivity index (χ4n) is 5.92. The van der Waals surface area contributed by atoms with Crippen LogP contribution in [0, 0.1) is 31.9 Å². The van der Waals surface area contributed by atoms with Crippen LogP contribution in [0.5, 0.6) is 0 Å². The first-order valence-corrected chi connectivity index (χ1v) is 15.5. The van der Waals surface area contributed by atoms with Gasteiger partial charge < -0.3 is 14.4 Å². The van der Waals surface area contributed by atoms with E-state index < -0.39 is 5.89 Å². The molecule has 0 spiro atoms. The van der Waals surface area contributed by atoms with E-state index in [0.717, 1.165) is 62.1 Å². The zero-order chi connectivity index (χ0) is 32.3. The molecular weight excluding hydrogens is 743 g/mol. The molecule has 0 aliphatic rings. The number of rotatable bonds is 6. The van der Waals surface area contributed by atoms with Gasteiger partial charge in [0.25, 0.3) is 0 Å². The fraction of sp³-hybridized carbons (Fsp3) is 0.195. The normalized spacial score (nSPS) is 12.6. The first-order chi connectivity index (χ1) is 22.3. The summed E-state index contributed by atoms with van der Waals surface area (Å²) in [6.45, 7) is 10.5. The number of hydrogen-bond donors (Lipinski definition) is 0. The largest absolute Gasteiger partial charge is 0.486 e. The molecule has 5 heteroatoms. The Morgan fingerprint density at radius 2 is 1.54 bits per heavy atom. The zero-order valence-corrected chi connectivity index (χ0v) is 29.2. The monoisotopic (exact) mass is 781 g/mol. The van der Waals surface area contributed by atoms with E-state index in [4.69, 9.17) is 15.8 Å². The minimum Gasteiger partial charge on any atom is -0.486 e. The summed E-state index contributed by atoms with van der Waals surface area (Å²) in [7, 11) is 0. The van der Waals surface area contributed by atoms with Gasteiger partial charge in [-0.3, -0.25) is 0 Å². The number of aryl methyl sites for hydroxylation is 2.